The lowest BCUT2D eigenvalue weighted by Crippen LogP contribution is -2.59. The fourth-order valence-corrected chi connectivity index (χ4v) is 8.01. The lowest BCUT2D eigenvalue weighted by Gasteiger charge is -2.58. The molecule has 33 heavy (non-hydrogen) atoms. The number of anilines is 1. The van der Waals surface area contributed by atoms with Gasteiger partial charge in [0.1, 0.15) is 18.0 Å². The van der Waals surface area contributed by atoms with Gasteiger partial charge in [-0.1, -0.05) is 0 Å². The third kappa shape index (κ3) is 3.19. The first-order valence-electron chi connectivity index (χ1n) is 12.3. The number of carbonyl (C=O) groups is 2. The van der Waals surface area contributed by atoms with E-state index in [9.17, 15) is 9.59 Å². The summed E-state index contributed by atoms with van der Waals surface area (Å²) in [7, 11) is 0. The molecule has 0 aromatic carbocycles. The second kappa shape index (κ2) is 7.34. The van der Waals surface area contributed by atoms with Crippen molar-refractivity contribution >= 4 is 17.8 Å². The Labute approximate surface area is 194 Å². The van der Waals surface area contributed by atoms with Gasteiger partial charge in [0.05, 0.1) is 16.5 Å². The molecule has 2 amide bonds. The molecule has 2 N–H and O–H groups in total. The van der Waals surface area contributed by atoms with Crippen molar-refractivity contribution in [2.24, 2.45) is 28.9 Å². The van der Waals surface area contributed by atoms with Gasteiger partial charge in [-0.2, -0.15) is 5.26 Å². The van der Waals surface area contributed by atoms with Crippen LogP contribution in [-0.2, 0) is 9.53 Å². The molecule has 8 heteroatoms. The zero-order valence-electron chi connectivity index (χ0n) is 18.9. The second-order valence-electron chi connectivity index (χ2n) is 11.1. The average molecular weight is 450 g/mol. The van der Waals surface area contributed by atoms with Crippen molar-refractivity contribution in [3.05, 3.63) is 23.9 Å². The van der Waals surface area contributed by atoms with Gasteiger partial charge >= 0.3 is 6.09 Å². The quantitative estimate of drug-likeness (QED) is 0.759. The Balaban J connectivity index is 1.14. The van der Waals surface area contributed by atoms with Crippen LogP contribution < -0.4 is 10.6 Å². The highest BCUT2D eigenvalue weighted by molar-refractivity contribution is 5.81. The molecule has 1 aromatic heterocycles. The molecule has 1 spiro atoms. The monoisotopic (exact) mass is 449 g/mol. The number of likely N-dealkylation sites (tertiary alicyclic amines) is 1. The minimum atomic E-state index is -0.366. The van der Waals surface area contributed by atoms with Crippen molar-refractivity contribution in [2.45, 2.75) is 63.0 Å². The van der Waals surface area contributed by atoms with Crippen LogP contribution in [0.4, 0.5) is 10.6 Å². The lowest BCUT2D eigenvalue weighted by molar-refractivity contribution is -0.161. The number of amides is 2. The highest BCUT2D eigenvalue weighted by atomic mass is 16.6. The van der Waals surface area contributed by atoms with Crippen LogP contribution in [0.3, 0.4) is 0 Å². The zero-order chi connectivity index (χ0) is 22.8. The second-order valence-corrected chi connectivity index (χ2v) is 11.1. The molecule has 6 fully saturated rings. The van der Waals surface area contributed by atoms with Crippen molar-refractivity contribution in [3.8, 4) is 6.07 Å². The van der Waals surface area contributed by atoms with E-state index < -0.39 is 0 Å². The topological polar surface area (TPSA) is 113 Å². The predicted molar refractivity (Wildman–Crippen MR) is 120 cm³/mol. The number of carbonyl (C=O) groups excluding carboxylic acids is 2. The van der Waals surface area contributed by atoms with E-state index in [0.717, 1.165) is 63.7 Å². The van der Waals surface area contributed by atoms with Gasteiger partial charge in [0, 0.05) is 25.8 Å². The smallest absolute Gasteiger partial charge is 0.410 e. The summed E-state index contributed by atoms with van der Waals surface area (Å²) < 4.78 is 6.17. The number of nitrogens with zero attached hydrogens (tertiary/aromatic N) is 4. The van der Waals surface area contributed by atoms with Crippen molar-refractivity contribution in [3.63, 3.8) is 0 Å². The molecule has 3 heterocycles. The van der Waals surface area contributed by atoms with Crippen molar-refractivity contribution in [2.75, 3.05) is 24.5 Å². The SMILES string of the molecule is N#Cc1ccc(N2CCCC23CCN(C(=O)OC2[C@@H]4CC5C[C@H]2CC(C(N)=O)(C5)C4)C3)nc1. The molecule has 2 aliphatic heterocycles. The number of hydrogen-bond donors (Lipinski definition) is 1. The van der Waals surface area contributed by atoms with Crippen LogP contribution in [0.15, 0.2) is 18.3 Å². The largest absolute Gasteiger partial charge is 0.446 e. The number of rotatable bonds is 3. The fourth-order valence-electron chi connectivity index (χ4n) is 8.01. The number of ether oxygens (including phenoxy) is 1. The predicted octanol–water partition coefficient (Wildman–Crippen LogP) is 2.81. The van der Waals surface area contributed by atoms with E-state index in [-0.39, 0.29) is 40.9 Å². The van der Waals surface area contributed by atoms with Crippen LogP contribution in [0.2, 0.25) is 0 Å². The Kier molecular flexibility index (Phi) is 4.62. The van der Waals surface area contributed by atoms with Crippen molar-refractivity contribution < 1.29 is 14.3 Å². The minimum Gasteiger partial charge on any atom is -0.446 e. The Hall–Kier alpha value is -2.82. The summed E-state index contributed by atoms with van der Waals surface area (Å²) in [5.41, 5.74) is 5.88. The van der Waals surface area contributed by atoms with E-state index in [2.05, 4.69) is 16.0 Å². The summed E-state index contributed by atoms with van der Waals surface area (Å²) in [5.74, 6) is 1.78. The Bertz CT molecular complexity index is 1000. The third-order valence-electron chi connectivity index (χ3n) is 9.29. The van der Waals surface area contributed by atoms with Gasteiger partial charge < -0.3 is 20.3 Å². The van der Waals surface area contributed by atoms with Crippen LogP contribution >= 0.6 is 0 Å². The maximum absolute atomic E-state index is 13.3. The molecule has 2 saturated heterocycles. The first-order valence-corrected chi connectivity index (χ1v) is 12.3. The number of nitrogens with two attached hydrogens (primary N) is 1. The van der Waals surface area contributed by atoms with E-state index in [1.807, 2.05) is 11.0 Å². The number of hydrogen-bond acceptors (Lipinski definition) is 6. The van der Waals surface area contributed by atoms with Gasteiger partial charge in [-0.3, -0.25) is 4.79 Å². The minimum absolute atomic E-state index is 0.0852. The molecule has 4 bridgehead atoms. The van der Waals surface area contributed by atoms with Gasteiger partial charge in [-0.15, -0.1) is 0 Å². The molecule has 174 valence electrons. The fraction of sp³-hybridized carbons (Fsp3) is 0.680. The zero-order valence-corrected chi connectivity index (χ0v) is 18.9. The van der Waals surface area contributed by atoms with Crippen molar-refractivity contribution in [1.29, 1.82) is 5.26 Å². The molecule has 7 rings (SSSR count). The molecule has 4 saturated carbocycles. The molecular formula is C25H31N5O3. The summed E-state index contributed by atoms with van der Waals surface area (Å²) in [6.07, 6.45) is 8.87. The summed E-state index contributed by atoms with van der Waals surface area (Å²) in [6, 6.07) is 5.84. The van der Waals surface area contributed by atoms with E-state index in [1.165, 1.54) is 0 Å². The first kappa shape index (κ1) is 20.8. The Morgan fingerprint density at radius 1 is 1.15 bits per heavy atom. The highest BCUT2D eigenvalue weighted by Crippen LogP contribution is 2.60. The number of nitriles is 1. The number of pyridine rings is 1. The third-order valence-corrected chi connectivity index (χ3v) is 9.29. The van der Waals surface area contributed by atoms with Crippen LogP contribution in [0.25, 0.3) is 0 Å². The maximum Gasteiger partial charge on any atom is 0.410 e. The van der Waals surface area contributed by atoms with E-state index in [4.69, 9.17) is 15.7 Å². The number of primary amides is 1. The van der Waals surface area contributed by atoms with E-state index in [0.29, 0.717) is 24.6 Å². The van der Waals surface area contributed by atoms with Crippen LogP contribution in [0.5, 0.6) is 0 Å². The normalized spacial score (nSPS) is 38.6. The van der Waals surface area contributed by atoms with Crippen LogP contribution in [-0.4, -0.2) is 53.2 Å². The summed E-state index contributed by atoms with van der Waals surface area (Å²) >= 11 is 0. The van der Waals surface area contributed by atoms with Gasteiger partial charge in [0.25, 0.3) is 0 Å². The van der Waals surface area contributed by atoms with Gasteiger partial charge in [0.2, 0.25) is 5.91 Å². The van der Waals surface area contributed by atoms with Gasteiger partial charge in [0.15, 0.2) is 0 Å². The Morgan fingerprint density at radius 3 is 2.61 bits per heavy atom. The standard InChI is InChI=1S/C25H31N5O3/c26-13-16-2-3-20(28-14-16)30-6-1-4-25(30)5-7-29(15-25)23(32)33-21-18-8-17-9-19(21)12-24(10-17,11-18)22(27)31/h2-3,14,17-19,21H,1,4-12,15H2,(H2,27,31)/t17?,18-,19+,21?,24?,25?. The molecule has 1 aromatic rings. The van der Waals surface area contributed by atoms with Crippen molar-refractivity contribution in [1.82, 2.24) is 9.88 Å². The molecule has 4 aliphatic carbocycles. The van der Waals surface area contributed by atoms with Gasteiger partial charge in [-0.25, -0.2) is 9.78 Å². The van der Waals surface area contributed by atoms with Crippen LogP contribution in [0.1, 0.15) is 56.9 Å². The highest BCUT2D eigenvalue weighted by Gasteiger charge is 2.59. The lowest BCUT2D eigenvalue weighted by atomic mass is 9.48. The van der Waals surface area contributed by atoms with E-state index in [1.54, 1.807) is 12.3 Å². The molecule has 4 unspecified atom stereocenters. The summed E-state index contributed by atoms with van der Waals surface area (Å²) in [6.45, 7) is 2.23. The molecule has 8 nitrogen and oxygen atoms in total. The molecule has 0 radical (unpaired) electrons. The summed E-state index contributed by atoms with van der Waals surface area (Å²) in [4.78, 5) is 34.2. The molecular weight excluding hydrogens is 418 g/mol. The number of aromatic nitrogens is 1. The van der Waals surface area contributed by atoms with E-state index >= 15 is 0 Å². The molecule has 6 aliphatic rings. The average Bonchev–Trinajstić information content (AvgIpc) is 3.43. The molecule has 6 atom stereocenters. The van der Waals surface area contributed by atoms with Gasteiger partial charge in [-0.05, 0) is 81.3 Å². The van der Waals surface area contributed by atoms with Crippen LogP contribution in [0, 0.1) is 34.5 Å². The summed E-state index contributed by atoms with van der Waals surface area (Å²) in [5, 5.41) is 9.06. The first-order chi connectivity index (χ1) is 15.9. The maximum atomic E-state index is 13.3. The Morgan fingerprint density at radius 2 is 1.94 bits per heavy atom.